The van der Waals surface area contributed by atoms with Gasteiger partial charge in [-0.3, -0.25) is 14.4 Å². The summed E-state index contributed by atoms with van der Waals surface area (Å²) < 4.78 is 11.9. The fraction of sp³-hybridized carbons (Fsp3) is 0.459. The number of aliphatic hydroxyl groups excluding tert-OH is 1. The number of hydrogen-bond donors (Lipinski definition) is 3. The molecular formula is C37H44N4O6S. The number of aromatic nitrogens is 1. The number of furan rings is 1. The van der Waals surface area contributed by atoms with Crippen molar-refractivity contribution in [3.8, 4) is 16.2 Å². The van der Waals surface area contributed by atoms with Crippen molar-refractivity contribution in [1.29, 1.82) is 0 Å². The van der Waals surface area contributed by atoms with Crippen LogP contribution in [0.1, 0.15) is 81.7 Å². The quantitative estimate of drug-likeness (QED) is 0.198. The molecule has 1 aliphatic heterocycles. The van der Waals surface area contributed by atoms with Crippen LogP contribution in [0.15, 0.2) is 58.5 Å². The molecule has 254 valence electrons. The van der Waals surface area contributed by atoms with Crippen LogP contribution >= 0.6 is 11.3 Å². The smallest absolute Gasteiger partial charge is 0.287 e. The highest BCUT2D eigenvalue weighted by molar-refractivity contribution is 7.13. The Kier molecular flexibility index (Phi) is 9.37. The van der Waals surface area contributed by atoms with Crippen molar-refractivity contribution in [1.82, 2.24) is 20.5 Å². The van der Waals surface area contributed by atoms with Gasteiger partial charge in [-0.05, 0) is 73.4 Å². The van der Waals surface area contributed by atoms with Gasteiger partial charge in [0, 0.05) is 18.4 Å². The summed E-state index contributed by atoms with van der Waals surface area (Å²) in [5.74, 6) is 0.125. The second-order valence-electron chi connectivity index (χ2n) is 14.4. The zero-order valence-corrected chi connectivity index (χ0v) is 29.1. The molecule has 3 amide bonds. The number of carbonyl (C=O) groups is 3. The highest BCUT2D eigenvalue weighted by Crippen LogP contribution is 2.33. The third-order valence-electron chi connectivity index (χ3n) is 9.38. The standard InChI is InChI=1S/C37H44N4O6S/c1-20-13-28(14-20)46-27-11-12-30-25(15-27)16-31(47-30)35(44)40-33(37(4,5)6)36(45)41-18-26(42)17-29(41)34(43)39-21(2)23-7-9-24(10-8-23)32-22(3)38-19-48-32/h7-12,15-16,19-21,26,28-29,33,42H,13-14,17-18H2,1-6H3,(H,39,43)(H,40,44)/t20?,21-,26+,28?,29-,33+/m0/s1. The normalized spacial score (nSPS) is 22.2. The first kappa shape index (κ1) is 33.7. The molecule has 0 bridgehead atoms. The number of ether oxygens (including phenoxy) is 1. The average Bonchev–Trinajstić information content (AvgIpc) is 3.76. The molecule has 2 aliphatic rings. The van der Waals surface area contributed by atoms with E-state index in [0.717, 1.165) is 45.7 Å². The minimum Gasteiger partial charge on any atom is -0.490 e. The third kappa shape index (κ3) is 7.12. The predicted octanol–water partition coefficient (Wildman–Crippen LogP) is 6.03. The van der Waals surface area contributed by atoms with E-state index in [2.05, 4.69) is 22.5 Å². The Labute approximate surface area is 284 Å². The Morgan fingerprint density at radius 3 is 2.44 bits per heavy atom. The summed E-state index contributed by atoms with van der Waals surface area (Å²) in [6.07, 6.45) is 1.49. The maximum absolute atomic E-state index is 14.1. The number of nitrogens with one attached hydrogen (secondary N) is 2. The zero-order valence-electron chi connectivity index (χ0n) is 28.3. The largest absolute Gasteiger partial charge is 0.490 e. The summed E-state index contributed by atoms with van der Waals surface area (Å²) in [5, 5.41) is 17.2. The van der Waals surface area contributed by atoms with E-state index in [1.807, 2.05) is 76.5 Å². The minimum absolute atomic E-state index is 0.0101. The molecule has 2 aromatic heterocycles. The lowest BCUT2D eigenvalue weighted by molar-refractivity contribution is -0.142. The van der Waals surface area contributed by atoms with Crippen LogP contribution in [0.25, 0.3) is 21.4 Å². The van der Waals surface area contributed by atoms with Gasteiger partial charge >= 0.3 is 0 Å². The number of β-amino-alcohol motifs (C(OH)–C–C–N with tert-alkyl or cyclic N) is 1. The van der Waals surface area contributed by atoms with Crippen molar-refractivity contribution in [2.75, 3.05) is 6.54 Å². The molecule has 3 heterocycles. The number of aryl methyl sites for hydroxylation is 1. The molecule has 4 atom stereocenters. The number of rotatable bonds is 9. The SMILES string of the molecule is Cc1ncsc1-c1ccc([C@H](C)NC(=O)[C@@H]2C[C@@H](O)CN2C(=O)[C@@H](NC(=O)c2cc3cc(OC4CC(C)C4)ccc3o2)C(C)(C)C)cc1. The van der Waals surface area contributed by atoms with Gasteiger partial charge in [0.1, 0.15) is 23.4 Å². The summed E-state index contributed by atoms with van der Waals surface area (Å²) in [6.45, 7) is 11.6. The molecule has 1 saturated heterocycles. The average molecular weight is 673 g/mol. The van der Waals surface area contributed by atoms with Crippen LogP contribution in [0.2, 0.25) is 0 Å². The maximum Gasteiger partial charge on any atom is 0.287 e. The Balaban J connectivity index is 1.13. The molecule has 0 radical (unpaired) electrons. The van der Waals surface area contributed by atoms with E-state index in [9.17, 15) is 19.5 Å². The van der Waals surface area contributed by atoms with E-state index >= 15 is 0 Å². The summed E-state index contributed by atoms with van der Waals surface area (Å²) >= 11 is 1.58. The van der Waals surface area contributed by atoms with Crippen LogP contribution in [0, 0.1) is 18.3 Å². The lowest BCUT2D eigenvalue weighted by Crippen LogP contribution is -2.57. The lowest BCUT2D eigenvalue weighted by atomic mass is 9.84. The fourth-order valence-electron chi connectivity index (χ4n) is 6.54. The van der Waals surface area contributed by atoms with E-state index in [4.69, 9.17) is 9.15 Å². The molecule has 0 spiro atoms. The highest BCUT2D eigenvalue weighted by Gasteiger charge is 2.45. The molecule has 11 heteroatoms. The summed E-state index contributed by atoms with van der Waals surface area (Å²) in [6, 6.07) is 12.9. The molecule has 1 aliphatic carbocycles. The van der Waals surface area contributed by atoms with Crippen molar-refractivity contribution in [2.45, 2.75) is 91.1 Å². The van der Waals surface area contributed by atoms with Gasteiger partial charge in [-0.2, -0.15) is 0 Å². The number of thiazole rings is 1. The molecule has 0 unspecified atom stereocenters. The van der Waals surface area contributed by atoms with Crippen LogP contribution in [-0.4, -0.2) is 63.5 Å². The van der Waals surface area contributed by atoms with Crippen LogP contribution in [0.4, 0.5) is 0 Å². The first-order valence-corrected chi connectivity index (χ1v) is 17.4. The number of carbonyl (C=O) groups excluding carboxylic acids is 3. The van der Waals surface area contributed by atoms with Crippen LogP contribution in [-0.2, 0) is 9.59 Å². The number of amides is 3. The summed E-state index contributed by atoms with van der Waals surface area (Å²) in [5.41, 5.74) is 4.59. The number of nitrogens with zero attached hydrogens (tertiary/aromatic N) is 2. The third-order valence-corrected chi connectivity index (χ3v) is 10.4. The molecule has 3 N–H and O–H groups in total. The first-order chi connectivity index (χ1) is 22.8. The topological polar surface area (TPSA) is 134 Å². The van der Waals surface area contributed by atoms with Gasteiger partial charge in [-0.25, -0.2) is 4.98 Å². The van der Waals surface area contributed by atoms with Crippen LogP contribution < -0.4 is 15.4 Å². The highest BCUT2D eigenvalue weighted by atomic mass is 32.1. The van der Waals surface area contributed by atoms with E-state index in [0.29, 0.717) is 11.5 Å². The van der Waals surface area contributed by atoms with E-state index in [1.165, 1.54) is 4.90 Å². The van der Waals surface area contributed by atoms with Gasteiger partial charge < -0.3 is 29.8 Å². The number of fused-ring (bicyclic) bond motifs is 1. The Hall–Kier alpha value is -4.22. The lowest BCUT2D eigenvalue weighted by Gasteiger charge is -2.35. The van der Waals surface area contributed by atoms with Crippen LogP contribution in [0.5, 0.6) is 5.75 Å². The minimum atomic E-state index is -0.988. The van der Waals surface area contributed by atoms with Crippen molar-refractivity contribution < 1.29 is 28.6 Å². The fourth-order valence-corrected chi connectivity index (χ4v) is 7.35. The monoisotopic (exact) mass is 672 g/mol. The number of benzene rings is 2. The van der Waals surface area contributed by atoms with E-state index < -0.39 is 35.4 Å². The van der Waals surface area contributed by atoms with Gasteiger partial charge in [0.05, 0.1) is 34.3 Å². The second kappa shape index (κ2) is 13.4. The van der Waals surface area contributed by atoms with Gasteiger partial charge in [0.2, 0.25) is 11.8 Å². The number of likely N-dealkylation sites (tertiary alicyclic amines) is 1. The molecule has 1 saturated carbocycles. The van der Waals surface area contributed by atoms with Gasteiger partial charge in [0.25, 0.3) is 5.91 Å². The molecule has 4 aromatic rings. The Morgan fingerprint density at radius 1 is 1.06 bits per heavy atom. The van der Waals surface area contributed by atoms with E-state index in [1.54, 1.807) is 23.5 Å². The second-order valence-corrected chi connectivity index (χ2v) is 15.3. The molecule has 10 nitrogen and oxygen atoms in total. The first-order valence-electron chi connectivity index (χ1n) is 16.6. The predicted molar refractivity (Wildman–Crippen MR) is 185 cm³/mol. The maximum atomic E-state index is 14.1. The summed E-state index contributed by atoms with van der Waals surface area (Å²) in [4.78, 5) is 48.0. The number of aliphatic hydroxyl groups is 1. The zero-order chi connectivity index (χ0) is 34.3. The molecule has 6 rings (SSSR count). The van der Waals surface area contributed by atoms with Gasteiger partial charge in [-0.1, -0.05) is 52.0 Å². The van der Waals surface area contributed by atoms with Gasteiger partial charge in [-0.15, -0.1) is 11.3 Å². The Morgan fingerprint density at radius 2 is 1.79 bits per heavy atom. The van der Waals surface area contributed by atoms with Gasteiger partial charge in [0.15, 0.2) is 5.76 Å². The van der Waals surface area contributed by atoms with Crippen molar-refractivity contribution in [2.24, 2.45) is 11.3 Å². The van der Waals surface area contributed by atoms with Crippen molar-refractivity contribution in [3.63, 3.8) is 0 Å². The number of hydrogen-bond acceptors (Lipinski definition) is 8. The molecule has 2 aromatic carbocycles. The van der Waals surface area contributed by atoms with E-state index in [-0.39, 0.29) is 36.8 Å². The molecular weight excluding hydrogens is 628 g/mol. The van der Waals surface area contributed by atoms with Crippen molar-refractivity contribution in [3.05, 3.63) is 71.1 Å². The summed E-state index contributed by atoms with van der Waals surface area (Å²) in [7, 11) is 0. The Bertz CT molecular complexity index is 1800. The van der Waals surface area contributed by atoms with Crippen LogP contribution in [0.3, 0.4) is 0 Å². The molecule has 48 heavy (non-hydrogen) atoms. The van der Waals surface area contributed by atoms with Crippen molar-refractivity contribution >= 4 is 40.0 Å². The molecule has 2 fully saturated rings.